The molecule has 0 atom stereocenters. The van der Waals surface area contributed by atoms with Crippen molar-refractivity contribution in [2.24, 2.45) is 0 Å². The fraction of sp³-hybridized carbons (Fsp3) is 0.0714. The van der Waals surface area contributed by atoms with Crippen molar-refractivity contribution < 1.29 is 0 Å². The van der Waals surface area contributed by atoms with E-state index in [0.29, 0.717) is 11.8 Å². The second kappa shape index (κ2) is 8.99. The van der Waals surface area contributed by atoms with Crippen molar-refractivity contribution in [3.05, 3.63) is 103 Å². The van der Waals surface area contributed by atoms with E-state index in [1.165, 1.54) is 0 Å². The van der Waals surface area contributed by atoms with Crippen LogP contribution in [-0.2, 0) is 0 Å². The molecule has 2 aromatic carbocycles. The van der Waals surface area contributed by atoms with Gasteiger partial charge in [-0.15, -0.1) is 5.10 Å². The minimum atomic E-state index is 0.526. The van der Waals surface area contributed by atoms with Gasteiger partial charge in [0.05, 0.1) is 11.2 Å². The van der Waals surface area contributed by atoms with Crippen molar-refractivity contribution in [3.8, 4) is 28.2 Å². The second-order valence-corrected chi connectivity index (χ2v) is 8.50. The quantitative estimate of drug-likeness (QED) is 0.346. The molecule has 0 bridgehead atoms. The zero-order valence-electron chi connectivity index (χ0n) is 19.8. The first-order valence-electron chi connectivity index (χ1n) is 11.5. The maximum Gasteiger partial charge on any atom is 0.227 e. The topological polar surface area (TPSA) is 94.3 Å². The van der Waals surface area contributed by atoms with E-state index in [-0.39, 0.29) is 0 Å². The van der Waals surface area contributed by atoms with Gasteiger partial charge in [-0.2, -0.15) is 0 Å². The number of aromatic nitrogens is 7. The lowest BCUT2D eigenvalue weighted by molar-refractivity contribution is 0.882. The summed E-state index contributed by atoms with van der Waals surface area (Å²) in [5.74, 6) is 1.16. The molecule has 6 aromatic rings. The molecule has 0 saturated heterocycles. The summed E-state index contributed by atoms with van der Waals surface area (Å²) in [7, 11) is 0. The summed E-state index contributed by atoms with van der Waals surface area (Å²) in [5, 5.41) is 8.87. The van der Waals surface area contributed by atoms with Gasteiger partial charge in [-0.1, -0.05) is 24.3 Å². The number of benzene rings is 2. The molecule has 0 amide bonds. The van der Waals surface area contributed by atoms with Crippen LogP contribution in [0.5, 0.6) is 0 Å². The van der Waals surface area contributed by atoms with Crippen LogP contribution in [0.25, 0.3) is 39.1 Å². The molecule has 8 nitrogen and oxygen atoms in total. The molecule has 4 heterocycles. The molecule has 0 saturated carbocycles. The lowest BCUT2D eigenvalue weighted by atomic mass is 10.0. The average Bonchev–Trinajstić information content (AvgIpc) is 3.40. The zero-order valence-corrected chi connectivity index (χ0v) is 19.8. The van der Waals surface area contributed by atoms with Crippen molar-refractivity contribution in [1.29, 1.82) is 0 Å². The molecule has 0 fully saturated rings. The molecular weight excluding hydrogens is 448 g/mol. The second-order valence-electron chi connectivity index (χ2n) is 8.50. The van der Waals surface area contributed by atoms with Gasteiger partial charge in [-0.25, -0.2) is 19.6 Å². The number of rotatable bonds is 5. The molecule has 1 N–H and O–H groups in total. The van der Waals surface area contributed by atoms with Crippen molar-refractivity contribution in [2.45, 2.75) is 13.8 Å². The van der Waals surface area contributed by atoms with Crippen LogP contribution in [0.3, 0.4) is 0 Å². The molecule has 4 aromatic heterocycles. The van der Waals surface area contributed by atoms with E-state index in [1.807, 2.05) is 80.8 Å². The molecule has 0 radical (unpaired) electrons. The molecular formula is C28H22N8. The van der Waals surface area contributed by atoms with Gasteiger partial charge < -0.3 is 5.32 Å². The van der Waals surface area contributed by atoms with Gasteiger partial charge in [0.25, 0.3) is 0 Å². The number of hydrogen-bond donors (Lipinski definition) is 1. The van der Waals surface area contributed by atoms with Crippen LogP contribution in [0, 0.1) is 13.8 Å². The minimum absolute atomic E-state index is 0.526. The van der Waals surface area contributed by atoms with E-state index >= 15 is 0 Å². The summed E-state index contributed by atoms with van der Waals surface area (Å²) in [5.41, 5.74) is 7.50. The summed E-state index contributed by atoms with van der Waals surface area (Å²) in [6.07, 6.45) is 7.20. The minimum Gasteiger partial charge on any atom is -0.324 e. The van der Waals surface area contributed by atoms with Crippen LogP contribution >= 0.6 is 0 Å². The average molecular weight is 471 g/mol. The largest absolute Gasteiger partial charge is 0.324 e. The van der Waals surface area contributed by atoms with Crippen molar-refractivity contribution in [1.82, 2.24) is 34.7 Å². The molecule has 0 aliphatic heterocycles. The van der Waals surface area contributed by atoms with Gasteiger partial charge in [0.1, 0.15) is 6.33 Å². The highest BCUT2D eigenvalue weighted by Crippen LogP contribution is 2.28. The molecule has 0 spiro atoms. The third kappa shape index (κ3) is 4.27. The Labute approximate surface area is 207 Å². The number of hydrogen-bond acceptors (Lipinski definition) is 7. The van der Waals surface area contributed by atoms with Gasteiger partial charge in [-0.05, 0) is 56.3 Å². The normalized spacial score (nSPS) is 11.1. The Balaban J connectivity index is 1.24. The predicted octanol–water partition coefficient (Wildman–Crippen LogP) is 5.69. The Kier molecular flexibility index (Phi) is 5.38. The third-order valence-corrected chi connectivity index (χ3v) is 5.88. The van der Waals surface area contributed by atoms with Crippen LogP contribution in [0.4, 0.5) is 11.6 Å². The van der Waals surface area contributed by atoms with Crippen LogP contribution in [0.1, 0.15) is 11.4 Å². The molecule has 6 rings (SSSR count). The summed E-state index contributed by atoms with van der Waals surface area (Å²) < 4.78 is 1.74. The van der Waals surface area contributed by atoms with Crippen molar-refractivity contribution in [2.75, 3.05) is 5.32 Å². The van der Waals surface area contributed by atoms with Crippen molar-refractivity contribution >= 4 is 22.5 Å². The Morgan fingerprint density at radius 2 is 1.44 bits per heavy atom. The Bertz CT molecular complexity index is 1650. The number of aryl methyl sites for hydroxylation is 2. The van der Waals surface area contributed by atoms with E-state index in [2.05, 4.69) is 42.5 Å². The number of nitrogens with one attached hydrogen (secondary N) is 1. The summed E-state index contributed by atoms with van der Waals surface area (Å²) in [6.45, 7) is 3.93. The van der Waals surface area contributed by atoms with Crippen LogP contribution in [0.15, 0.2) is 91.6 Å². The lowest BCUT2D eigenvalue weighted by Crippen LogP contribution is -1.99. The van der Waals surface area contributed by atoms with Gasteiger partial charge in [0.15, 0.2) is 5.82 Å². The van der Waals surface area contributed by atoms with Crippen LogP contribution in [0.2, 0.25) is 0 Å². The summed E-state index contributed by atoms with van der Waals surface area (Å²) >= 11 is 0. The van der Waals surface area contributed by atoms with E-state index in [0.717, 1.165) is 50.4 Å². The van der Waals surface area contributed by atoms with Gasteiger partial charge in [0, 0.05) is 57.7 Å². The van der Waals surface area contributed by atoms with Gasteiger partial charge >= 0.3 is 0 Å². The maximum atomic E-state index is 4.81. The van der Waals surface area contributed by atoms with E-state index in [9.17, 15) is 0 Å². The number of pyridine rings is 2. The van der Waals surface area contributed by atoms with Crippen LogP contribution in [-0.4, -0.2) is 34.7 Å². The van der Waals surface area contributed by atoms with E-state index in [4.69, 9.17) is 4.98 Å². The lowest BCUT2D eigenvalue weighted by Gasteiger charge is -2.10. The molecule has 174 valence electrons. The molecule has 0 unspecified atom stereocenters. The molecule has 36 heavy (non-hydrogen) atoms. The Morgan fingerprint density at radius 3 is 2.17 bits per heavy atom. The number of para-hydroxylation sites is 1. The number of anilines is 2. The standard InChI is InChI=1S/C28H22N8/c1-18-6-8-20(14-29-18)25-5-3-4-21-15-31-28(34-26(21)25)33-23-10-12-24(13-11-23)36-17-32-27(35-36)22-9-7-19(2)30-16-22/h3-17H,1-2H3,(H,31,33,34). The molecule has 0 aliphatic carbocycles. The van der Waals surface area contributed by atoms with Gasteiger partial charge in [-0.3, -0.25) is 9.97 Å². The first-order valence-corrected chi connectivity index (χ1v) is 11.5. The van der Waals surface area contributed by atoms with Gasteiger partial charge in [0.2, 0.25) is 5.95 Å². The summed E-state index contributed by atoms with van der Waals surface area (Å²) in [6, 6.07) is 21.9. The molecule has 0 aliphatic rings. The first-order chi connectivity index (χ1) is 17.6. The Morgan fingerprint density at radius 1 is 0.694 bits per heavy atom. The van der Waals surface area contributed by atoms with Crippen LogP contribution < -0.4 is 5.32 Å². The highest BCUT2D eigenvalue weighted by molar-refractivity contribution is 5.93. The smallest absolute Gasteiger partial charge is 0.227 e. The highest BCUT2D eigenvalue weighted by atomic mass is 15.3. The monoisotopic (exact) mass is 470 g/mol. The third-order valence-electron chi connectivity index (χ3n) is 5.88. The SMILES string of the molecule is Cc1ccc(-c2ncn(-c3ccc(Nc4ncc5cccc(-c6ccc(C)nc6)c5n4)cc3)n2)cn1. The van der Waals surface area contributed by atoms with E-state index < -0.39 is 0 Å². The molecule has 8 heteroatoms. The van der Waals surface area contributed by atoms with Crippen molar-refractivity contribution in [3.63, 3.8) is 0 Å². The number of fused-ring (bicyclic) bond motifs is 1. The maximum absolute atomic E-state index is 4.81. The fourth-order valence-corrected chi connectivity index (χ4v) is 3.92. The Hall–Kier alpha value is -4.98. The highest BCUT2D eigenvalue weighted by Gasteiger charge is 2.09. The predicted molar refractivity (Wildman–Crippen MR) is 140 cm³/mol. The summed E-state index contributed by atoms with van der Waals surface area (Å²) in [4.78, 5) is 22.5. The first kappa shape index (κ1) is 21.5. The fourth-order valence-electron chi connectivity index (χ4n) is 3.92. The van der Waals surface area contributed by atoms with E-state index in [1.54, 1.807) is 17.2 Å². The zero-order chi connectivity index (χ0) is 24.5. The number of nitrogens with zero attached hydrogens (tertiary/aromatic N) is 7.